The molecule has 0 amide bonds. The Kier molecular flexibility index (Phi) is 3.93. The summed E-state index contributed by atoms with van der Waals surface area (Å²) >= 11 is 0. The lowest BCUT2D eigenvalue weighted by Crippen LogP contribution is -1.70. The Morgan fingerprint density at radius 2 is 2.00 bits per heavy atom. The summed E-state index contributed by atoms with van der Waals surface area (Å²) in [6, 6.07) is 0. The van der Waals surface area contributed by atoms with E-state index < -0.39 is 15.6 Å². The summed E-state index contributed by atoms with van der Waals surface area (Å²) in [5.74, 6) is 0.536. The molecular weight excluding hydrogens is 190 g/mol. The lowest BCUT2D eigenvalue weighted by atomic mass is 10.6. The molecule has 0 heterocycles. The first-order chi connectivity index (χ1) is 4.83. The molecule has 0 bridgehead atoms. The van der Waals surface area contributed by atoms with Crippen LogP contribution in [0.5, 0.6) is 0 Å². The first-order valence-electron chi connectivity index (χ1n) is 2.49. The van der Waals surface area contributed by atoms with Crippen molar-refractivity contribution in [3.8, 4) is 0 Å². The van der Waals surface area contributed by atoms with Crippen LogP contribution in [0.4, 0.5) is 0 Å². The van der Waals surface area contributed by atoms with Crippen LogP contribution >= 0.6 is 15.6 Å². The van der Waals surface area contributed by atoms with Crippen LogP contribution in [0.25, 0.3) is 0 Å². The van der Waals surface area contributed by atoms with Gasteiger partial charge in [-0.1, -0.05) is 6.58 Å². The van der Waals surface area contributed by atoms with Crippen molar-refractivity contribution in [3.05, 3.63) is 23.8 Å². The molecule has 0 saturated heterocycles. The Bertz CT molecular complexity index is 249. The van der Waals surface area contributed by atoms with Gasteiger partial charge in [0.1, 0.15) is 0 Å². The Balaban J connectivity index is 4.28. The predicted octanol–water partition coefficient (Wildman–Crippen LogP) is 0.658. The van der Waals surface area contributed by atoms with Gasteiger partial charge in [0.05, 0.1) is 0 Å². The highest BCUT2D eigenvalue weighted by Gasteiger charge is 2.06. The Hall–Kier alpha value is -0.180. The van der Waals surface area contributed by atoms with Gasteiger partial charge in [-0.05, 0) is 6.08 Å². The van der Waals surface area contributed by atoms with E-state index in [-0.39, 0.29) is 5.31 Å². The van der Waals surface area contributed by atoms with Crippen LogP contribution in [0.3, 0.4) is 0 Å². The minimum absolute atomic E-state index is 0.182. The molecule has 11 heavy (non-hydrogen) atoms. The quantitative estimate of drug-likeness (QED) is 0.457. The molecule has 0 spiro atoms. The summed E-state index contributed by atoms with van der Waals surface area (Å²) in [6.07, 6.45) is 0.849. The van der Waals surface area contributed by atoms with E-state index in [1.807, 2.05) is 0 Å². The molecule has 0 saturated carbocycles. The van der Waals surface area contributed by atoms with Crippen LogP contribution in [0, 0.1) is 0 Å². The van der Waals surface area contributed by atoms with Crippen LogP contribution in [0.2, 0.25) is 0 Å². The molecule has 1 atom stereocenters. The summed E-state index contributed by atoms with van der Waals surface area (Å²) in [5, 5.41) is -0.182. The van der Waals surface area contributed by atoms with E-state index >= 15 is 0 Å². The summed E-state index contributed by atoms with van der Waals surface area (Å²) in [5.41, 5.74) is 0. The van der Waals surface area contributed by atoms with E-state index in [1.54, 1.807) is 0 Å². The fourth-order valence-electron chi connectivity index (χ4n) is 0.258. The highest BCUT2D eigenvalue weighted by Crippen LogP contribution is 2.38. The van der Waals surface area contributed by atoms with Gasteiger partial charge in [0.2, 0.25) is 8.03 Å². The minimum Gasteiger partial charge on any atom is -0.343 e. The van der Waals surface area contributed by atoms with E-state index in [9.17, 15) is 9.13 Å². The van der Waals surface area contributed by atoms with Crippen molar-refractivity contribution in [1.82, 2.24) is 0 Å². The van der Waals surface area contributed by atoms with Gasteiger partial charge in [-0.25, -0.2) is 0 Å². The van der Waals surface area contributed by atoms with Crippen molar-refractivity contribution >= 4 is 15.6 Å². The fraction of sp³-hybridized carbons (Fsp3) is 0. The summed E-state index contributed by atoms with van der Waals surface area (Å²) in [6.45, 7) is 3.11. The molecule has 0 aromatic heterocycles. The molecule has 1 unspecified atom stereocenters. The maximum absolute atomic E-state index is 10.2. The molecule has 5 nitrogen and oxygen atoms in total. The zero-order valence-corrected chi connectivity index (χ0v) is 7.36. The number of hydrogen-bond acceptors (Lipinski definition) is 2. The zero-order chi connectivity index (χ0) is 9.07. The normalized spacial score (nSPS) is 15.2. The van der Waals surface area contributed by atoms with Gasteiger partial charge in [-0.3, -0.25) is 9.13 Å². The van der Waals surface area contributed by atoms with Gasteiger partial charge in [0.15, 0.2) is 0 Å². The third kappa shape index (κ3) is 6.23. The SMILES string of the molecule is C=C(C=CP(=O)(O)O)[PH](=O)O. The monoisotopic (exact) mass is 198 g/mol. The van der Waals surface area contributed by atoms with Gasteiger partial charge in [0.25, 0.3) is 0 Å². The standard InChI is InChI=1S/C4H8O5P2/c1-4(10(5)6)2-3-11(7,8)9/h2-3,10H,1H2,(H,5,6)(H2,7,8,9). The highest BCUT2D eigenvalue weighted by molar-refractivity contribution is 7.55. The van der Waals surface area contributed by atoms with Crippen LogP contribution in [0.1, 0.15) is 0 Å². The molecule has 0 aliphatic rings. The van der Waals surface area contributed by atoms with Crippen LogP contribution in [-0.2, 0) is 9.13 Å². The summed E-state index contributed by atoms with van der Waals surface area (Å²) in [7, 11) is -7.14. The minimum atomic E-state index is -4.23. The van der Waals surface area contributed by atoms with Gasteiger partial charge < -0.3 is 14.7 Å². The van der Waals surface area contributed by atoms with Crippen molar-refractivity contribution in [2.24, 2.45) is 0 Å². The average molecular weight is 198 g/mol. The second-order valence-electron chi connectivity index (χ2n) is 1.74. The van der Waals surface area contributed by atoms with E-state index in [0.717, 1.165) is 6.08 Å². The third-order valence-corrected chi connectivity index (χ3v) is 2.00. The van der Waals surface area contributed by atoms with Crippen molar-refractivity contribution in [1.29, 1.82) is 0 Å². The lowest BCUT2D eigenvalue weighted by molar-refractivity contribution is 0.386. The molecular formula is C4H8O5P2. The molecule has 0 aromatic rings. The maximum Gasteiger partial charge on any atom is 0.349 e. The van der Waals surface area contributed by atoms with E-state index in [4.69, 9.17) is 14.7 Å². The Labute approximate surface area is 64.1 Å². The smallest absolute Gasteiger partial charge is 0.343 e. The van der Waals surface area contributed by atoms with Crippen LogP contribution in [0.15, 0.2) is 23.8 Å². The largest absolute Gasteiger partial charge is 0.349 e. The summed E-state index contributed by atoms with van der Waals surface area (Å²) in [4.78, 5) is 24.9. The molecule has 0 rings (SSSR count). The van der Waals surface area contributed by atoms with Crippen molar-refractivity contribution in [3.63, 3.8) is 0 Å². The molecule has 0 aliphatic heterocycles. The molecule has 0 aromatic carbocycles. The van der Waals surface area contributed by atoms with Gasteiger partial charge in [-0.2, -0.15) is 0 Å². The fourth-order valence-corrected chi connectivity index (χ4v) is 0.999. The second-order valence-corrected chi connectivity index (χ2v) is 4.46. The zero-order valence-electron chi connectivity index (χ0n) is 5.47. The average Bonchev–Trinajstić information content (AvgIpc) is 1.80. The first kappa shape index (κ1) is 10.8. The third-order valence-electron chi connectivity index (χ3n) is 0.745. The predicted molar refractivity (Wildman–Crippen MR) is 41.5 cm³/mol. The van der Waals surface area contributed by atoms with E-state index in [0.29, 0.717) is 5.82 Å². The highest BCUT2D eigenvalue weighted by atomic mass is 31.2. The molecule has 3 N–H and O–H groups in total. The molecule has 0 aliphatic carbocycles. The Morgan fingerprint density at radius 3 is 2.27 bits per heavy atom. The molecule has 0 fully saturated rings. The summed E-state index contributed by atoms with van der Waals surface area (Å²) < 4.78 is 20.4. The molecule has 64 valence electrons. The van der Waals surface area contributed by atoms with Gasteiger partial charge >= 0.3 is 7.60 Å². The molecule has 7 heteroatoms. The number of allylic oxidation sites excluding steroid dienone is 2. The number of hydrogen-bond donors (Lipinski definition) is 3. The lowest BCUT2D eigenvalue weighted by Gasteiger charge is -1.94. The van der Waals surface area contributed by atoms with Crippen LogP contribution in [-0.4, -0.2) is 14.7 Å². The van der Waals surface area contributed by atoms with E-state index in [1.165, 1.54) is 0 Å². The van der Waals surface area contributed by atoms with Gasteiger partial charge in [-0.15, -0.1) is 0 Å². The van der Waals surface area contributed by atoms with Crippen molar-refractivity contribution < 1.29 is 23.8 Å². The van der Waals surface area contributed by atoms with Crippen LogP contribution < -0.4 is 0 Å². The van der Waals surface area contributed by atoms with E-state index in [2.05, 4.69) is 6.58 Å². The topological polar surface area (TPSA) is 94.8 Å². The maximum atomic E-state index is 10.2. The Morgan fingerprint density at radius 1 is 1.55 bits per heavy atom. The van der Waals surface area contributed by atoms with Crippen molar-refractivity contribution in [2.45, 2.75) is 0 Å². The first-order valence-corrected chi connectivity index (χ1v) is 5.53. The van der Waals surface area contributed by atoms with Crippen molar-refractivity contribution in [2.75, 3.05) is 0 Å². The second kappa shape index (κ2) is 4.00. The number of rotatable bonds is 3. The molecule has 0 radical (unpaired) electrons. The van der Waals surface area contributed by atoms with Gasteiger partial charge in [0, 0.05) is 11.1 Å².